The molecule has 0 radical (unpaired) electrons. The zero-order chi connectivity index (χ0) is 29.3. The van der Waals surface area contributed by atoms with Gasteiger partial charge in [-0.25, -0.2) is 4.79 Å². The van der Waals surface area contributed by atoms with Crippen molar-refractivity contribution in [1.82, 2.24) is 10.2 Å². The van der Waals surface area contributed by atoms with Crippen LogP contribution in [0.25, 0.3) is 11.1 Å². The second-order valence-electron chi connectivity index (χ2n) is 11.1. The Hall–Kier alpha value is -3.60. The topological polar surface area (TPSA) is 80.3 Å². The maximum atomic E-state index is 13.4. The summed E-state index contributed by atoms with van der Waals surface area (Å²) in [5.41, 5.74) is 2.28. The van der Waals surface area contributed by atoms with Crippen LogP contribution in [-0.2, 0) is 35.2 Å². The molecule has 2 aliphatic rings. The zero-order valence-electron chi connectivity index (χ0n) is 23.0. The zero-order valence-corrected chi connectivity index (χ0v) is 23.0. The first-order valence-corrected chi connectivity index (χ1v) is 13.4. The molecule has 0 saturated carbocycles. The van der Waals surface area contributed by atoms with E-state index in [9.17, 15) is 23.1 Å². The molecule has 2 aliphatic heterocycles. The van der Waals surface area contributed by atoms with Gasteiger partial charge in [0.2, 0.25) is 0 Å². The molecule has 1 fully saturated rings. The molecule has 1 amide bonds. The molecular formula is C31H33F3N2O5. The van der Waals surface area contributed by atoms with Crippen molar-refractivity contribution >= 4 is 6.09 Å². The number of nitrogens with zero attached hydrogens (tertiary/aromatic N) is 1. The Labute approximate surface area is 236 Å². The van der Waals surface area contributed by atoms with Crippen molar-refractivity contribution < 1.29 is 37.3 Å². The number of ether oxygens (including phenoxy) is 3. The fraction of sp³-hybridized carbons (Fsp3) is 0.387. The Bertz CT molecular complexity index is 1380. The van der Waals surface area contributed by atoms with Crippen LogP contribution in [0.4, 0.5) is 18.0 Å². The van der Waals surface area contributed by atoms with Gasteiger partial charge in [0.1, 0.15) is 17.9 Å². The average Bonchev–Trinajstić information content (AvgIpc) is 2.93. The number of hydrogen-bond acceptors (Lipinski definition) is 5. The first-order valence-electron chi connectivity index (χ1n) is 13.4. The number of fused-ring (bicyclic) bond motifs is 1. The molecule has 0 aromatic heterocycles. The first-order chi connectivity index (χ1) is 19.4. The van der Waals surface area contributed by atoms with Gasteiger partial charge in [-0.15, -0.1) is 0 Å². The molecule has 218 valence electrons. The molecule has 1 saturated heterocycles. The van der Waals surface area contributed by atoms with Crippen LogP contribution in [0.2, 0.25) is 0 Å². The molecule has 0 spiro atoms. The van der Waals surface area contributed by atoms with Crippen LogP contribution < -0.4 is 10.1 Å². The van der Waals surface area contributed by atoms with E-state index in [1.54, 1.807) is 44.2 Å². The van der Waals surface area contributed by atoms with Crippen molar-refractivity contribution in [2.75, 3.05) is 26.3 Å². The van der Waals surface area contributed by atoms with Gasteiger partial charge in [0.25, 0.3) is 0 Å². The lowest BCUT2D eigenvalue weighted by Crippen LogP contribution is -2.65. The van der Waals surface area contributed by atoms with Crippen LogP contribution >= 0.6 is 0 Å². The highest BCUT2D eigenvalue weighted by atomic mass is 19.4. The van der Waals surface area contributed by atoms with E-state index in [1.807, 2.05) is 18.2 Å². The molecule has 0 unspecified atom stereocenters. The van der Waals surface area contributed by atoms with E-state index in [-0.39, 0.29) is 25.4 Å². The molecule has 41 heavy (non-hydrogen) atoms. The third-order valence-electron chi connectivity index (χ3n) is 7.46. The van der Waals surface area contributed by atoms with Gasteiger partial charge in [-0.1, -0.05) is 48.5 Å². The van der Waals surface area contributed by atoms with Crippen molar-refractivity contribution in [3.63, 3.8) is 0 Å². The molecule has 2 N–H and O–H groups in total. The highest BCUT2D eigenvalue weighted by Gasteiger charge is 2.43. The molecule has 5 rings (SSSR count). The SMILES string of the molecule is CC1(C)OCC(CN2CCc3cc(OCc4ccc(-c5ccccc5C(F)(F)F)cc4)ccc3C2)(NC(=O)O)CO1. The molecule has 10 heteroatoms. The largest absolute Gasteiger partial charge is 0.489 e. The summed E-state index contributed by atoms with van der Waals surface area (Å²) in [6.45, 7) is 6.19. The number of alkyl halides is 3. The number of carboxylic acid groups (broad SMARTS) is 1. The summed E-state index contributed by atoms with van der Waals surface area (Å²) in [4.78, 5) is 13.7. The van der Waals surface area contributed by atoms with Gasteiger partial charge in [0.15, 0.2) is 5.79 Å². The minimum absolute atomic E-state index is 0.147. The van der Waals surface area contributed by atoms with Gasteiger partial charge in [0.05, 0.1) is 18.8 Å². The smallest absolute Gasteiger partial charge is 0.417 e. The monoisotopic (exact) mass is 570 g/mol. The van der Waals surface area contributed by atoms with Crippen molar-refractivity contribution in [3.8, 4) is 16.9 Å². The summed E-state index contributed by atoms with van der Waals surface area (Å²) in [6, 6.07) is 18.4. The fourth-order valence-corrected chi connectivity index (χ4v) is 5.31. The fourth-order valence-electron chi connectivity index (χ4n) is 5.31. The normalized spacial score (nSPS) is 18.4. The molecule has 3 aromatic rings. The van der Waals surface area contributed by atoms with Crippen LogP contribution in [0, 0.1) is 0 Å². The van der Waals surface area contributed by atoms with Gasteiger partial charge in [-0.3, -0.25) is 4.90 Å². The number of amides is 1. The van der Waals surface area contributed by atoms with E-state index in [4.69, 9.17) is 14.2 Å². The minimum Gasteiger partial charge on any atom is -0.489 e. The predicted octanol–water partition coefficient (Wildman–Crippen LogP) is 6.10. The third kappa shape index (κ3) is 7.01. The second-order valence-corrected chi connectivity index (χ2v) is 11.1. The second kappa shape index (κ2) is 11.3. The average molecular weight is 571 g/mol. The quantitative estimate of drug-likeness (QED) is 0.358. The van der Waals surface area contributed by atoms with Crippen LogP contribution in [-0.4, -0.2) is 53.7 Å². The Morgan fingerprint density at radius 2 is 1.73 bits per heavy atom. The van der Waals surface area contributed by atoms with E-state index < -0.39 is 29.2 Å². The van der Waals surface area contributed by atoms with Crippen molar-refractivity contribution in [1.29, 1.82) is 0 Å². The first kappa shape index (κ1) is 28.9. The Morgan fingerprint density at radius 3 is 2.41 bits per heavy atom. The Kier molecular flexibility index (Phi) is 8.00. The predicted molar refractivity (Wildman–Crippen MR) is 147 cm³/mol. The lowest BCUT2D eigenvalue weighted by molar-refractivity contribution is -0.272. The van der Waals surface area contributed by atoms with Crippen molar-refractivity contribution in [2.24, 2.45) is 0 Å². The highest BCUT2D eigenvalue weighted by molar-refractivity contribution is 5.68. The van der Waals surface area contributed by atoms with Crippen molar-refractivity contribution in [3.05, 3.63) is 89.0 Å². The van der Waals surface area contributed by atoms with Crippen LogP contribution in [0.1, 0.15) is 36.1 Å². The van der Waals surface area contributed by atoms with Crippen LogP contribution in [0.5, 0.6) is 5.75 Å². The van der Waals surface area contributed by atoms with Gasteiger partial charge < -0.3 is 24.6 Å². The van der Waals surface area contributed by atoms with E-state index in [1.165, 1.54) is 12.1 Å². The van der Waals surface area contributed by atoms with E-state index >= 15 is 0 Å². The summed E-state index contributed by atoms with van der Waals surface area (Å²) in [5.74, 6) is -0.0427. The standard InChI is InChI=1S/C31H33F3N2O5/c1-29(2)40-19-30(20-41-29,35-28(37)38)18-36-14-13-23-15-25(12-11-24(23)16-36)39-17-21-7-9-22(10-8-21)26-5-3-4-6-27(26)31(32,33)34/h3-12,15,35H,13-14,16-20H2,1-2H3,(H,37,38). The summed E-state index contributed by atoms with van der Waals surface area (Å²) < 4.78 is 57.8. The molecule has 7 nitrogen and oxygen atoms in total. The minimum atomic E-state index is -4.42. The molecule has 2 heterocycles. The van der Waals surface area contributed by atoms with Gasteiger partial charge >= 0.3 is 12.3 Å². The molecule has 0 bridgehead atoms. The van der Waals surface area contributed by atoms with Gasteiger partial charge in [-0.05, 0) is 66.3 Å². The number of halogens is 3. The number of benzene rings is 3. The summed E-state index contributed by atoms with van der Waals surface area (Å²) in [7, 11) is 0. The van der Waals surface area contributed by atoms with Crippen molar-refractivity contribution in [2.45, 2.75) is 50.9 Å². The summed E-state index contributed by atoms with van der Waals surface area (Å²) in [6.07, 6.45) is -4.76. The van der Waals surface area contributed by atoms with Gasteiger partial charge in [0, 0.05) is 19.6 Å². The van der Waals surface area contributed by atoms with E-state index in [0.717, 1.165) is 35.7 Å². The molecule has 0 aliphatic carbocycles. The van der Waals surface area contributed by atoms with E-state index in [2.05, 4.69) is 10.2 Å². The van der Waals surface area contributed by atoms with Crippen LogP contribution in [0.3, 0.4) is 0 Å². The number of nitrogens with one attached hydrogen (secondary N) is 1. The summed E-state index contributed by atoms with van der Waals surface area (Å²) in [5, 5.41) is 12.0. The Morgan fingerprint density at radius 1 is 1.02 bits per heavy atom. The van der Waals surface area contributed by atoms with Crippen LogP contribution in [0.15, 0.2) is 66.7 Å². The Balaban J connectivity index is 1.20. The maximum absolute atomic E-state index is 13.4. The number of hydrogen-bond donors (Lipinski definition) is 2. The molecular weight excluding hydrogens is 537 g/mol. The third-order valence-corrected chi connectivity index (χ3v) is 7.46. The van der Waals surface area contributed by atoms with Gasteiger partial charge in [-0.2, -0.15) is 13.2 Å². The summed E-state index contributed by atoms with van der Waals surface area (Å²) >= 11 is 0. The lowest BCUT2D eigenvalue weighted by atomic mass is 9.95. The number of rotatable bonds is 7. The number of carbonyl (C=O) groups is 1. The van der Waals surface area contributed by atoms with E-state index in [0.29, 0.717) is 24.4 Å². The molecule has 0 atom stereocenters. The molecule has 3 aromatic carbocycles. The maximum Gasteiger partial charge on any atom is 0.417 e. The lowest BCUT2D eigenvalue weighted by Gasteiger charge is -2.46. The highest BCUT2D eigenvalue weighted by Crippen LogP contribution is 2.37.